The Labute approximate surface area is 118 Å². The fraction of sp³-hybridized carbons (Fsp3) is 0.200. The minimum absolute atomic E-state index is 0.0915. The van der Waals surface area contributed by atoms with Crippen molar-refractivity contribution in [1.29, 1.82) is 0 Å². The van der Waals surface area contributed by atoms with Crippen molar-refractivity contribution >= 4 is 27.3 Å². The summed E-state index contributed by atoms with van der Waals surface area (Å²) in [5.74, 6) is -0.411. The van der Waals surface area contributed by atoms with Crippen molar-refractivity contribution < 1.29 is 13.2 Å². The van der Waals surface area contributed by atoms with E-state index in [4.69, 9.17) is 5.14 Å². The van der Waals surface area contributed by atoms with E-state index in [1.54, 1.807) is 6.07 Å². The molecule has 0 saturated carbocycles. The number of hydrogen-bond acceptors (Lipinski definition) is 5. The first-order chi connectivity index (χ1) is 9.36. The molecule has 0 aliphatic rings. The maximum atomic E-state index is 11.6. The Balaban J connectivity index is 1.89. The molecular weight excluding hydrogens is 304 g/mol. The number of thiophene rings is 1. The highest BCUT2D eigenvalue weighted by atomic mass is 32.2. The number of carbonyl (C=O) groups is 1. The summed E-state index contributed by atoms with van der Waals surface area (Å²) in [6.07, 6.45) is 1.75. The topological polar surface area (TPSA) is 138 Å². The van der Waals surface area contributed by atoms with Crippen molar-refractivity contribution in [3.05, 3.63) is 39.4 Å². The zero-order valence-corrected chi connectivity index (χ0v) is 11.8. The van der Waals surface area contributed by atoms with Crippen LogP contribution in [0.25, 0.3) is 0 Å². The molecule has 2 aromatic rings. The minimum Gasteiger partial charge on any atom is -0.350 e. The van der Waals surface area contributed by atoms with Gasteiger partial charge >= 0.3 is 5.69 Å². The van der Waals surface area contributed by atoms with Crippen molar-refractivity contribution in [2.75, 3.05) is 6.54 Å². The molecule has 1 amide bonds. The first kappa shape index (κ1) is 14.5. The van der Waals surface area contributed by atoms with E-state index in [9.17, 15) is 18.0 Å². The van der Waals surface area contributed by atoms with Gasteiger partial charge in [-0.05, 0) is 18.6 Å². The van der Waals surface area contributed by atoms with Gasteiger partial charge in [-0.3, -0.25) is 4.79 Å². The SMILES string of the molecule is NS(=O)(=O)c1ccc(CCNC(=O)c2c[nH]c(=O)[nH]2)s1. The highest BCUT2D eigenvalue weighted by Gasteiger charge is 2.11. The molecular formula is C10H12N4O4S2. The molecule has 0 bridgehead atoms. The molecule has 8 nitrogen and oxygen atoms in total. The summed E-state index contributed by atoms with van der Waals surface area (Å²) in [6, 6.07) is 3.08. The van der Waals surface area contributed by atoms with Gasteiger partial charge in [0.1, 0.15) is 9.90 Å². The van der Waals surface area contributed by atoms with Crippen LogP contribution in [0.3, 0.4) is 0 Å². The van der Waals surface area contributed by atoms with Crippen molar-refractivity contribution in [1.82, 2.24) is 15.3 Å². The molecule has 2 rings (SSSR count). The van der Waals surface area contributed by atoms with Gasteiger partial charge in [-0.25, -0.2) is 18.4 Å². The summed E-state index contributed by atoms with van der Waals surface area (Å²) in [4.78, 5) is 27.9. The second-order valence-corrected chi connectivity index (χ2v) is 6.88. The fourth-order valence-corrected chi connectivity index (χ4v) is 3.27. The lowest BCUT2D eigenvalue weighted by Crippen LogP contribution is -2.26. The zero-order chi connectivity index (χ0) is 14.8. The van der Waals surface area contributed by atoms with Gasteiger partial charge in [0.05, 0.1) is 0 Å². The number of amides is 1. The zero-order valence-electron chi connectivity index (χ0n) is 10.2. The molecule has 0 saturated heterocycles. The third-order valence-corrected chi connectivity index (χ3v) is 5.00. The van der Waals surface area contributed by atoms with E-state index in [1.807, 2.05) is 0 Å². The Kier molecular flexibility index (Phi) is 4.06. The van der Waals surface area contributed by atoms with Gasteiger partial charge in [0, 0.05) is 17.6 Å². The third kappa shape index (κ3) is 3.56. The number of hydrogen-bond donors (Lipinski definition) is 4. The van der Waals surface area contributed by atoms with E-state index in [-0.39, 0.29) is 9.90 Å². The van der Waals surface area contributed by atoms with Crippen LogP contribution in [-0.2, 0) is 16.4 Å². The Morgan fingerprint density at radius 3 is 2.70 bits per heavy atom. The average molecular weight is 316 g/mol. The quantitative estimate of drug-likeness (QED) is 0.584. The summed E-state index contributed by atoms with van der Waals surface area (Å²) in [7, 11) is -3.68. The van der Waals surface area contributed by atoms with E-state index >= 15 is 0 Å². The van der Waals surface area contributed by atoms with Crippen LogP contribution in [0.2, 0.25) is 0 Å². The molecule has 0 aliphatic heterocycles. The number of imidazole rings is 1. The molecule has 0 atom stereocenters. The lowest BCUT2D eigenvalue weighted by Gasteiger charge is -2.01. The molecule has 10 heteroatoms. The van der Waals surface area contributed by atoms with Crippen LogP contribution in [0.5, 0.6) is 0 Å². The number of sulfonamides is 1. The van der Waals surface area contributed by atoms with Crippen LogP contribution in [0.1, 0.15) is 15.4 Å². The first-order valence-electron chi connectivity index (χ1n) is 5.53. The summed E-state index contributed by atoms with van der Waals surface area (Å²) in [5, 5.41) is 7.61. The van der Waals surface area contributed by atoms with Gasteiger partial charge in [-0.1, -0.05) is 0 Å². The maximum Gasteiger partial charge on any atom is 0.323 e. The number of aromatic nitrogens is 2. The molecule has 2 aromatic heterocycles. The van der Waals surface area contributed by atoms with Crippen LogP contribution in [-0.4, -0.2) is 30.8 Å². The second kappa shape index (κ2) is 5.61. The smallest absolute Gasteiger partial charge is 0.323 e. The lowest BCUT2D eigenvalue weighted by atomic mass is 10.3. The summed E-state index contributed by atoms with van der Waals surface area (Å²) in [6.45, 7) is 0.316. The lowest BCUT2D eigenvalue weighted by molar-refractivity contribution is 0.0949. The highest BCUT2D eigenvalue weighted by molar-refractivity contribution is 7.91. The van der Waals surface area contributed by atoms with Gasteiger partial charge in [0.15, 0.2) is 0 Å². The number of primary sulfonamides is 1. The monoisotopic (exact) mass is 316 g/mol. The summed E-state index contributed by atoms with van der Waals surface area (Å²) in [5.41, 5.74) is -0.308. The molecule has 0 radical (unpaired) electrons. The predicted molar refractivity (Wildman–Crippen MR) is 73.1 cm³/mol. The van der Waals surface area contributed by atoms with Gasteiger partial charge in [-0.2, -0.15) is 0 Å². The number of nitrogens with one attached hydrogen (secondary N) is 3. The van der Waals surface area contributed by atoms with Gasteiger partial charge < -0.3 is 15.3 Å². The van der Waals surface area contributed by atoms with E-state index < -0.39 is 21.6 Å². The van der Waals surface area contributed by atoms with Crippen molar-refractivity contribution in [2.45, 2.75) is 10.6 Å². The number of H-pyrrole nitrogens is 2. The molecule has 0 unspecified atom stereocenters. The van der Waals surface area contributed by atoms with Gasteiger partial charge in [-0.15, -0.1) is 11.3 Å². The molecule has 20 heavy (non-hydrogen) atoms. The molecule has 5 N–H and O–H groups in total. The average Bonchev–Trinajstić information content (AvgIpc) is 2.97. The Hall–Kier alpha value is -1.91. The standard InChI is InChI=1S/C10H12N4O4S2/c11-20(17,18)8-2-1-6(19-8)3-4-12-9(15)7-5-13-10(16)14-7/h1-2,5H,3-4H2,(H,12,15)(H2,11,17,18)(H2,13,14,16). The van der Waals surface area contributed by atoms with E-state index in [2.05, 4.69) is 15.3 Å². The fourth-order valence-electron chi connectivity index (χ4n) is 1.49. The van der Waals surface area contributed by atoms with Crippen molar-refractivity contribution in [3.63, 3.8) is 0 Å². The number of nitrogens with two attached hydrogens (primary N) is 1. The summed E-state index contributed by atoms with van der Waals surface area (Å²) >= 11 is 1.06. The Morgan fingerprint density at radius 2 is 2.15 bits per heavy atom. The number of rotatable bonds is 5. The van der Waals surface area contributed by atoms with Crippen molar-refractivity contribution in [2.24, 2.45) is 5.14 Å². The molecule has 0 aromatic carbocycles. The molecule has 108 valence electrons. The summed E-state index contributed by atoms with van der Waals surface area (Å²) < 4.78 is 22.3. The molecule has 0 fully saturated rings. The predicted octanol–water partition coefficient (Wildman–Crippen LogP) is -0.616. The van der Waals surface area contributed by atoms with Gasteiger partial charge in [0.2, 0.25) is 10.0 Å². The van der Waals surface area contributed by atoms with Crippen molar-refractivity contribution in [3.8, 4) is 0 Å². The number of aromatic amines is 2. The third-order valence-electron chi connectivity index (χ3n) is 2.41. The maximum absolute atomic E-state index is 11.6. The molecule has 2 heterocycles. The van der Waals surface area contributed by atoms with Crippen LogP contribution < -0.4 is 16.1 Å². The number of carbonyl (C=O) groups excluding carboxylic acids is 1. The molecule has 0 aliphatic carbocycles. The minimum atomic E-state index is -3.68. The highest BCUT2D eigenvalue weighted by Crippen LogP contribution is 2.20. The van der Waals surface area contributed by atoms with E-state index in [0.29, 0.717) is 13.0 Å². The normalized spacial score (nSPS) is 11.4. The second-order valence-electron chi connectivity index (χ2n) is 3.93. The Bertz CT molecular complexity index is 771. The largest absolute Gasteiger partial charge is 0.350 e. The Morgan fingerprint density at radius 1 is 1.40 bits per heavy atom. The van der Waals surface area contributed by atoms with Gasteiger partial charge in [0.25, 0.3) is 5.91 Å². The van der Waals surface area contributed by atoms with Crippen LogP contribution in [0.4, 0.5) is 0 Å². The van der Waals surface area contributed by atoms with E-state index in [1.165, 1.54) is 12.3 Å². The van der Waals surface area contributed by atoms with Crippen LogP contribution in [0, 0.1) is 0 Å². The van der Waals surface area contributed by atoms with Crippen LogP contribution in [0.15, 0.2) is 27.3 Å². The molecule has 0 spiro atoms. The first-order valence-corrected chi connectivity index (χ1v) is 7.90. The van der Waals surface area contributed by atoms with E-state index in [0.717, 1.165) is 16.2 Å². The van der Waals surface area contributed by atoms with Crippen LogP contribution >= 0.6 is 11.3 Å².